The topological polar surface area (TPSA) is 36.1 Å². The van der Waals surface area contributed by atoms with Crippen molar-refractivity contribution in [1.82, 2.24) is 9.88 Å². The highest BCUT2D eigenvalue weighted by atomic mass is 16.2. The number of benzene rings is 2. The van der Waals surface area contributed by atoms with E-state index in [9.17, 15) is 4.79 Å². The molecule has 4 rings (SSSR count). The van der Waals surface area contributed by atoms with Crippen molar-refractivity contribution < 1.29 is 4.79 Å². The predicted octanol–water partition coefficient (Wildman–Crippen LogP) is 3.97. The van der Waals surface area contributed by atoms with Gasteiger partial charge in [0, 0.05) is 30.1 Å². The number of aromatic amines is 1. The van der Waals surface area contributed by atoms with Crippen molar-refractivity contribution in [2.24, 2.45) is 0 Å². The minimum Gasteiger partial charge on any atom is -0.356 e. The van der Waals surface area contributed by atoms with Gasteiger partial charge < -0.3 is 9.88 Å². The first-order chi connectivity index (χ1) is 11.1. The lowest BCUT2D eigenvalue weighted by atomic mass is 9.92. The Balaban J connectivity index is 1.92. The van der Waals surface area contributed by atoms with Crippen LogP contribution in [-0.4, -0.2) is 22.3 Å². The monoisotopic (exact) mass is 304 g/mol. The van der Waals surface area contributed by atoms with Crippen LogP contribution in [0.5, 0.6) is 0 Å². The van der Waals surface area contributed by atoms with Crippen LogP contribution in [0, 0.1) is 6.92 Å². The van der Waals surface area contributed by atoms with Gasteiger partial charge in [-0.15, -0.1) is 0 Å². The second kappa shape index (κ2) is 5.27. The number of para-hydroxylation sites is 1. The number of hydrogen-bond acceptors (Lipinski definition) is 1. The molecule has 2 aromatic carbocycles. The number of carbonyl (C=O) groups is 1. The lowest BCUT2D eigenvalue weighted by Gasteiger charge is -2.35. The number of fused-ring (bicyclic) bond motifs is 3. The molecule has 116 valence electrons. The Bertz CT molecular complexity index is 876. The van der Waals surface area contributed by atoms with Crippen molar-refractivity contribution in [1.29, 1.82) is 0 Å². The third-order valence-corrected chi connectivity index (χ3v) is 4.83. The molecule has 0 aliphatic carbocycles. The van der Waals surface area contributed by atoms with Crippen LogP contribution in [0.3, 0.4) is 0 Å². The average molecular weight is 304 g/mol. The molecule has 3 aromatic rings. The van der Waals surface area contributed by atoms with Gasteiger partial charge in [-0.3, -0.25) is 4.79 Å². The van der Waals surface area contributed by atoms with E-state index < -0.39 is 0 Å². The van der Waals surface area contributed by atoms with Crippen molar-refractivity contribution in [3.05, 3.63) is 70.9 Å². The zero-order valence-electron chi connectivity index (χ0n) is 13.5. The van der Waals surface area contributed by atoms with Gasteiger partial charge in [0.2, 0.25) is 5.91 Å². The van der Waals surface area contributed by atoms with E-state index in [4.69, 9.17) is 0 Å². The van der Waals surface area contributed by atoms with Crippen molar-refractivity contribution >= 4 is 16.8 Å². The van der Waals surface area contributed by atoms with Crippen LogP contribution >= 0.6 is 0 Å². The summed E-state index contributed by atoms with van der Waals surface area (Å²) in [5, 5.41) is 1.28. The number of H-pyrrole nitrogens is 1. The second-order valence-corrected chi connectivity index (χ2v) is 6.34. The van der Waals surface area contributed by atoms with Crippen LogP contribution in [0.1, 0.15) is 35.3 Å². The standard InChI is InChI=1S/C20H20N2O/c1-13-7-9-15(10-8-13)20-19-17(11-12-22(20)14(2)23)16-5-3-4-6-18(16)21-19/h3-10,20-21H,11-12H2,1-2H3. The van der Waals surface area contributed by atoms with Crippen LogP contribution in [0.25, 0.3) is 10.9 Å². The SMILES string of the molecule is CC(=O)N1CCc2c([nH]c3ccccc23)C1c1ccc(C)cc1. The van der Waals surface area contributed by atoms with E-state index in [0.29, 0.717) is 0 Å². The molecule has 0 fully saturated rings. The number of aromatic nitrogens is 1. The Morgan fingerprint density at radius 1 is 1.13 bits per heavy atom. The molecule has 1 atom stereocenters. The fourth-order valence-electron chi connectivity index (χ4n) is 3.68. The number of nitrogens with zero attached hydrogens (tertiary/aromatic N) is 1. The maximum atomic E-state index is 12.2. The molecular formula is C20H20N2O. The zero-order valence-corrected chi connectivity index (χ0v) is 13.5. The Hall–Kier alpha value is -2.55. The highest BCUT2D eigenvalue weighted by Gasteiger charge is 2.32. The van der Waals surface area contributed by atoms with Crippen molar-refractivity contribution in [2.45, 2.75) is 26.3 Å². The minimum absolute atomic E-state index is 0.0238. The van der Waals surface area contributed by atoms with Gasteiger partial charge >= 0.3 is 0 Å². The van der Waals surface area contributed by atoms with Gasteiger partial charge in [-0.05, 0) is 30.5 Å². The fourth-order valence-corrected chi connectivity index (χ4v) is 3.68. The minimum atomic E-state index is -0.0238. The Kier molecular flexibility index (Phi) is 3.22. The van der Waals surface area contributed by atoms with Crippen molar-refractivity contribution in [3.8, 4) is 0 Å². The third kappa shape index (κ3) is 2.24. The van der Waals surface area contributed by atoms with Gasteiger partial charge in [0.25, 0.3) is 0 Å². The number of rotatable bonds is 1. The lowest BCUT2D eigenvalue weighted by Crippen LogP contribution is -2.39. The van der Waals surface area contributed by atoms with Gasteiger partial charge in [-0.25, -0.2) is 0 Å². The first-order valence-corrected chi connectivity index (χ1v) is 8.08. The number of carbonyl (C=O) groups excluding carboxylic acids is 1. The fraction of sp³-hybridized carbons (Fsp3) is 0.250. The van der Waals surface area contributed by atoms with Gasteiger partial charge in [-0.2, -0.15) is 0 Å². The lowest BCUT2D eigenvalue weighted by molar-refractivity contribution is -0.130. The second-order valence-electron chi connectivity index (χ2n) is 6.34. The summed E-state index contributed by atoms with van der Waals surface area (Å²) in [4.78, 5) is 17.7. The largest absolute Gasteiger partial charge is 0.356 e. The summed E-state index contributed by atoms with van der Waals surface area (Å²) in [7, 11) is 0. The summed E-state index contributed by atoms with van der Waals surface area (Å²) in [6.45, 7) is 4.51. The maximum absolute atomic E-state index is 12.2. The molecule has 2 heterocycles. The molecule has 0 bridgehead atoms. The van der Waals surface area contributed by atoms with Crippen LogP contribution < -0.4 is 0 Å². The number of nitrogens with one attached hydrogen (secondary N) is 1. The summed E-state index contributed by atoms with van der Waals surface area (Å²) in [6, 6.07) is 16.9. The van der Waals surface area contributed by atoms with Crippen molar-refractivity contribution in [2.75, 3.05) is 6.54 Å². The van der Waals surface area contributed by atoms with Crippen LogP contribution in [-0.2, 0) is 11.2 Å². The maximum Gasteiger partial charge on any atom is 0.220 e. The van der Waals surface area contributed by atoms with Crippen LogP contribution in [0.2, 0.25) is 0 Å². The molecule has 0 saturated carbocycles. The molecule has 1 aromatic heterocycles. The van der Waals surface area contributed by atoms with Gasteiger partial charge in [0.05, 0.1) is 6.04 Å². The number of amides is 1. The average Bonchev–Trinajstić information content (AvgIpc) is 2.93. The third-order valence-electron chi connectivity index (χ3n) is 4.83. The molecule has 0 spiro atoms. The zero-order chi connectivity index (χ0) is 16.0. The first kappa shape index (κ1) is 14.1. The molecular weight excluding hydrogens is 284 g/mol. The Morgan fingerprint density at radius 3 is 2.61 bits per heavy atom. The first-order valence-electron chi connectivity index (χ1n) is 8.08. The van der Waals surface area contributed by atoms with Crippen molar-refractivity contribution in [3.63, 3.8) is 0 Å². The van der Waals surface area contributed by atoms with Gasteiger partial charge in [0.15, 0.2) is 0 Å². The number of aryl methyl sites for hydroxylation is 1. The molecule has 3 nitrogen and oxygen atoms in total. The van der Waals surface area contributed by atoms with E-state index in [2.05, 4.69) is 54.4 Å². The molecule has 3 heteroatoms. The van der Waals surface area contributed by atoms with E-state index in [1.807, 2.05) is 11.0 Å². The summed E-state index contributed by atoms with van der Waals surface area (Å²) in [6.07, 6.45) is 0.904. The number of hydrogen-bond donors (Lipinski definition) is 1. The molecule has 1 unspecified atom stereocenters. The molecule has 23 heavy (non-hydrogen) atoms. The smallest absolute Gasteiger partial charge is 0.220 e. The molecule has 1 amide bonds. The molecule has 1 aliphatic rings. The quantitative estimate of drug-likeness (QED) is 0.725. The van der Waals surface area contributed by atoms with E-state index in [1.54, 1.807) is 6.92 Å². The predicted molar refractivity (Wildman–Crippen MR) is 92.4 cm³/mol. The summed E-state index contributed by atoms with van der Waals surface area (Å²) < 4.78 is 0. The normalized spacial score (nSPS) is 17.3. The van der Waals surface area contributed by atoms with E-state index >= 15 is 0 Å². The Labute approximate surface area is 135 Å². The molecule has 0 saturated heterocycles. The molecule has 1 N–H and O–H groups in total. The van der Waals surface area contributed by atoms with E-state index in [-0.39, 0.29) is 11.9 Å². The van der Waals surface area contributed by atoms with Gasteiger partial charge in [-0.1, -0.05) is 48.0 Å². The molecule has 1 aliphatic heterocycles. The summed E-state index contributed by atoms with van der Waals surface area (Å²) in [5.41, 5.74) is 6.06. The summed E-state index contributed by atoms with van der Waals surface area (Å²) >= 11 is 0. The highest BCUT2D eigenvalue weighted by molar-refractivity contribution is 5.86. The summed E-state index contributed by atoms with van der Waals surface area (Å²) in [5.74, 6) is 0.125. The van der Waals surface area contributed by atoms with E-state index in [1.165, 1.54) is 22.1 Å². The highest BCUT2D eigenvalue weighted by Crippen LogP contribution is 2.38. The molecule has 0 radical (unpaired) electrons. The van der Waals surface area contributed by atoms with Gasteiger partial charge in [0.1, 0.15) is 0 Å². The van der Waals surface area contributed by atoms with Crippen LogP contribution in [0.15, 0.2) is 48.5 Å². The van der Waals surface area contributed by atoms with Crippen LogP contribution in [0.4, 0.5) is 0 Å². The Morgan fingerprint density at radius 2 is 1.87 bits per heavy atom. The van der Waals surface area contributed by atoms with E-state index in [0.717, 1.165) is 24.2 Å².